The number of unbranched alkanes of at least 4 members (excludes halogenated alkanes) is 1. The van der Waals surface area contributed by atoms with Gasteiger partial charge in [0, 0.05) is 38.1 Å². The fourth-order valence-corrected chi connectivity index (χ4v) is 9.33. The number of esters is 1. The number of nitrogens with one attached hydrogen (secondary N) is 2. The number of aliphatic hydroxyl groups is 5. The summed E-state index contributed by atoms with van der Waals surface area (Å²) in [6.07, 6.45) is -5.64. The smallest absolute Gasteiger partial charge is 0.311 e. The lowest BCUT2D eigenvalue weighted by atomic mass is 9.75. The van der Waals surface area contributed by atoms with Crippen LogP contribution in [0.5, 0.6) is 0 Å². The molecule has 0 aromatic heterocycles. The summed E-state index contributed by atoms with van der Waals surface area (Å²) in [5, 5.41) is 66.0. The highest BCUT2D eigenvalue weighted by Crippen LogP contribution is 2.43. The Morgan fingerprint density at radius 3 is 2.19 bits per heavy atom. The molecule has 0 unspecified atom stereocenters. The number of hydrogen-bond acceptors (Lipinski definition) is 15. The van der Waals surface area contributed by atoms with E-state index in [2.05, 4.69) is 17.6 Å². The Bertz CT molecular complexity index is 1240. The third-order valence-electron chi connectivity index (χ3n) is 13.3. The minimum atomic E-state index is -1.81. The van der Waals surface area contributed by atoms with Crippen LogP contribution in [-0.4, -0.2) is 167 Å². The van der Waals surface area contributed by atoms with Gasteiger partial charge in [0.1, 0.15) is 35.1 Å². The molecular weight excluding hydrogens is 738 g/mol. The molecule has 3 saturated heterocycles. The second-order valence-corrected chi connectivity index (χ2v) is 18.5. The zero-order valence-corrected chi connectivity index (χ0v) is 37.5. The van der Waals surface area contributed by atoms with Crippen molar-refractivity contribution in [1.29, 1.82) is 0 Å². The molecule has 0 bridgehead atoms. The molecule has 3 aliphatic rings. The van der Waals surface area contributed by atoms with E-state index in [1.165, 1.54) is 6.92 Å². The molecular formula is C42H81N3O12. The van der Waals surface area contributed by atoms with Gasteiger partial charge in [-0.25, -0.2) is 0 Å². The van der Waals surface area contributed by atoms with Crippen molar-refractivity contribution in [3.8, 4) is 0 Å². The van der Waals surface area contributed by atoms with Crippen LogP contribution >= 0.6 is 0 Å². The number of nitrogens with zero attached hydrogens (tertiary/aromatic N) is 1. The minimum Gasteiger partial charge on any atom is -0.459 e. The molecule has 0 amide bonds. The molecule has 0 aliphatic carbocycles. The maximum atomic E-state index is 14.3. The number of cyclic esters (lactones) is 1. The molecule has 0 spiro atoms. The highest BCUT2D eigenvalue weighted by molar-refractivity contribution is 5.73. The Morgan fingerprint density at radius 2 is 1.61 bits per heavy atom. The Kier molecular flexibility index (Phi) is 18.2. The first kappa shape index (κ1) is 50.3. The molecule has 0 saturated carbocycles. The van der Waals surface area contributed by atoms with Gasteiger partial charge < -0.3 is 69.5 Å². The average Bonchev–Trinajstić information content (AvgIpc) is 3.14. The molecule has 0 radical (unpaired) electrons. The van der Waals surface area contributed by atoms with E-state index in [-0.39, 0.29) is 43.9 Å². The maximum Gasteiger partial charge on any atom is 0.311 e. The summed E-state index contributed by atoms with van der Waals surface area (Å²) < 4.78 is 38.4. The third-order valence-corrected chi connectivity index (χ3v) is 13.3. The van der Waals surface area contributed by atoms with E-state index < -0.39 is 95.5 Å². The second kappa shape index (κ2) is 20.7. The van der Waals surface area contributed by atoms with Gasteiger partial charge in [-0.2, -0.15) is 0 Å². The molecule has 18 atom stereocenters. The van der Waals surface area contributed by atoms with Crippen molar-refractivity contribution in [2.24, 2.45) is 17.8 Å². The van der Waals surface area contributed by atoms with Crippen molar-refractivity contribution in [1.82, 2.24) is 15.5 Å². The number of likely N-dealkylation sites (N-methyl/N-ethyl adjacent to an activating group) is 1. The monoisotopic (exact) mass is 820 g/mol. The van der Waals surface area contributed by atoms with E-state index in [1.54, 1.807) is 41.7 Å². The largest absolute Gasteiger partial charge is 0.459 e. The van der Waals surface area contributed by atoms with Crippen LogP contribution in [0.4, 0.5) is 0 Å². The molecule has 336 valence electrons. The van der Waals surface area contributed by atoms with Crippen LogP contribution in [0.1, 0.15) is 115 Å². The van der Waals surface area contributed by atoms with E-state index >= 15 is 0 Å². The Morgan fingerprint density at radius 1 is 0.965 bits per heavy atom. The van der Waals surface area contributed by atoms with Crippen molar-refractivity contribution < 1.29 is 58.7 Å². The molecule has 15 heteroatoms. The number of carbonyl (C=O) groups is 1. The van der Waals surface area contributed by atoms with Crippen LogP contribution in [-0.2, 0) is 33.2 Å². The molecule has 0 aromatic rings. The zero-order chi connectivity index (χ0) is 43.3. The first-order valence-electron chi connectivity index (χ1n) is 21.4. The number of rotatable bonds is 12. The SMILES string of the molecule is CCCCNC[C@@]1(O)[C@H](C)O[C@@H](O[C@H]2[C@H](C)[C@@H](O[C@@H]3O[C@H](C)C[C@H](N(C)C)[C@H]3O)[C@@](C)(O)C[C@@H](C)CN[C@H](C)[C@@H](O)[C@](C)(O)[C@@H](CC)OC(=O)[C@@H]2C)C[C@@]1(C)OC. The van der Waals surface area contributed by atoms with Crippen LogP contribution < -0.4 is 10.6 Å². The van der Waals surface area contributed by atoms with Gasteiger partial charge in [-0.1, -0.05) is 34.1 Å². The second-order valence-electron chi connectivity index (χ2n) is 18.5. The summed E-state index contributed by atoms with van der Waals surface area (Å²) in [7, 11) is 5.31. The summed E-state index contributed by atoms with van der Waals surface area (Å²) in [6.45, 7) is 21.0. The zero-order valence-electron chi connectivity index (χ0n) is 37.5. The fourth-order valence-electron chi connectivity index (χ4n) is 9.33. The standard InChI is InChI=1S/C42H81N3O12/c1-15-17-18-43-23-42(51)29(8)54-32(21-40(42,10)52-14)56-34-26(5)36(57-38-33(46)30(45(12)13)19-25(4)53-38)39(9,49)20-24(3)22-44-28(7)35(47)41(11,50)31(16-2)55-37(48)27(34)6/h24-36,38,43-44,46-47,49-51H,15-23H2,1-14H3/t24-,25-,26+,27-,28-,29+,30+,31-,32+,33-,34+,35-,36-,38+,39+,40-,41-,42-/m1/s1. The number of ether oxygens (including phenoxy) is 6. The van der Waals surface area contributed by atoms with Crippen molar-refractivity contribution in [2.45, 2.75) is 204 Å². The van der Waals surface area contributed by atoms with Gasteiger partial charge in [0.05, 0.1) is 35.9 Å². The van der Waals surface area contributed by atoms with Crippen molar-refractivity contribution in [3.63, 3.8) is 0 Å². The molecule has 0 aromatic carbocycles. The predicted octanol–water partition coefficient (Wildman–Crippen LogP) is 2.32. The number of hydrogen-bond donors (Lipinski definition) is 7. The minimum absolute atomic E-state index is 0.0955. The predicted molar refractivity (Wildman–Crippen MR) is 216 cm³/mol. The average molecular weight is 820 g/mol. The summed E-state index contributed by atoms with van der Waals surface area (Å²) in [4.78, 5) is 16.3. The lowest BCUT2D eigenvalue weighted by Crippen LogP contribution is -2.70. The summed E-state index contributed by atoms with van der Waals surface area (Å²) in [5.74, 6) is -2.66. The van der Waals surface area contributed by atoms with Crippen LogP contribution in [0.25, 0.3) is 0 Å². The van der Waals surface area contributed by atoms with Crippen molar-refractivity contribution >= 4 is 5.97 Å². The van der Waals surface area contributed by atoms with Crippen LogP contribution in [0, 0.1) is 17.8 Å². The van der Waals surface area contributed by atoms with Gasteiger partial charge in [0.25, 0.3) is 0 Å². The normalized spacial score (nSPS) is 47.3. The number of carbonyl (C=O) groups excluding carboxylic acids is 1. The Balaban J connectivity index is 2.15. The molecule has 3 aliphatic heterocycles. The molecule has 7 N–H and O–H groups in total. The van der Waals surface area contributed by atoms with Gasteiger partial charge in [-0.15, -0.1) is 0 Å². The highest BCUT2D eigenvalue weighted by atomic mass is 16.7. The number of methoxy groups -OCH3 is 1. The molecule has 15 nitrogen and oxygen atoms in total. The lowest BCUT2D eigenvalue weighted by molar-refractivity contribution is -0.336. The maximum absolute atomic E-state index is 14.3. The Labute approximate surface area is 342 Å². The van der Waals surface area contributed by atoms with Gasteiger partial charge >= 0.3 is 5.97 Å². The molecule has 3 rings (SSSR count). The van der Waals surface area contributed by atoms with E-state index in [1.807, 2.05) is 46.7 Å². The Hall–Kier alpha value is -1.05. The fraction of sp³-hybridized carbons (Fsp3) is 0.976. The van der Waals surface area contributed by atoms with Gasteiger partial charge in [0.15, 0.2) is 12.6 Å². The summed E-state index contributed by atoms with van der Waals surface area (Å²) in [5.41, 5.74) is -5.96. The molecule has 57 heavy (non-hydrogen) atoms. The first-order chi connectivity index (χ1) is 26.4. The molecule has 3 fully saturated rings. The van der Waals surface area contributed by atoms with Crippen molar-refractivity contribution in [3.05, 3.63) is 0 Å². The van der Waals surface area contributed by atoms with Crippen molar-refractivity contribution in [2.75, 3.05) is 40.8 Å². The quantitative estimate of drug-likeness (QED) is 0.112. The van der Waals surface area contributed by atoms with Crippen LogP contribution in [0.3, 0.4) is 0 Å². The van der Waals surface area contributed by atoms with Gasteiger partial charge in [0.2, 0.25) is 0 Å². The first-order valence-corrected chi connectivity index (χ1v) is 21.4. The van der Waals surface area contributed by atoms with Crippen LogP contribution in [0.2, 0.25) is 0 Å². The summed E-state index contributed by atoms with van der Waals surface area (Å²) in [6, 6.07) is -0.878. The van der Waals surface area contributed by atoms with E-state index in [9.17, 15) is 30.3 Å². The highest BCUT2D eigenvalue weighted by Gasteiger charge is 2.58. The molecule has 3 heterocycles. The third kappa shape index (κ3) is 11.7. The topological polar surface area (TPSA) is 201 Å². The van der Waals surface area contributed by atoms with E-state index in [0.717, 1.165) is 19.4 Å². The lowest BCUT2D eigenvalue weighted by Gasteiger charge is -2.53. The van der Waals surface area contributed by atoms with E-state index in [4.69, 9.17) is 28.4 Å². The van der Waals surface area contributed by atoms with Gasteiger partial charge in [-0.3, -0.25) is 4.79 Å². The number of aliphatic hydroxyl groups excluding tert-OH is 2. The van der Waals surface area contributed by atoms with Gasteiger partial charge in [-0.05, 0) is 107 Å². The van der Waals surface area contributed by atoms with E-state index in [0.29, 0.717) is 13.0 Å². The van der Waals surface area contributed by atoms with Crippen LogP contribution in [0.15, 0.2) is 0 Å². The summed E-state index contributed by atoms with van der Waals surface area (Å²) >= 11 is 0.